The van der Waals surface area contributed by atoms with Crippen molar-refractivity contribution in [1.82, 2.24) is 5.06 Å². The Bertz CT molecular complexity index is 486. The number of rotatable bonds is 12. The molecule has 6 atom stereocenters. The second kappa shape index (κ2) is 11.1. The molecule has 0 saturated carbocycles. The third kappa shape index (κ3) is 7.70. The van der Waals surface area contributed by atoms with Crippen molar-refractivity contribution >= 4 is 17.7 Å². The zero-order chi connectivity index (χ0) is 20.6. The van der Waals surface area contributed by atoms with E-state index in [2.05, 4.69) is 4.84 Å². The standard InChI is InChI=1S/C14H26N2O10/c1-16(2)26-14(25)7(18)3-6(4-9(15)20)10(21)12(23)13(24)11(22)8(19)5-17/h6-8,11-13,17-19,22-24H,3-5H2,1-2H3,(H2,15,20)/t6?,7?,8-,11-,12+,13+/m1/s1. The van der Waals surface area contributed by atoms with E-state index in [-0.39, 0.29) is 0 Å². The number of primary amides is 1. The van der Waals surface area contributed by atoms with Crippen molar-refractivity contribution in [2.24, 2.45) is 11.7 Å². The van der Waals surface area contributed by atoms with Gasteiger partial charge in [0, 0.05) is 26.4 Å². The smallest absolute Gasteiger partial charge is 0.353 e. The first kappa shape index (κ1) is 24.3. The molecule has 0 saturated heterocycles. The van der Waals surface area contributed by atoms with Crippen LogP contribution in [0.1, 0.15) is 12.8 Å². The average molecular weight is 382 g/mol. The quantitative estimate of drug-likeness (QED) is 0.159. The van der Waals surface area contributed by atoms with Crippen LogP contribution in [0.2, 0.25) is 0 Å². The van der Waals surface area contributed by atoms with Crippen LogP contribution in [-0.2, 0) is 19.2 Å². The Morgan fingerprint density at radius 3 is 2.00 bits per heavy atom. The summed E-state index contributed by atoms with van der Waals surface area (Å²) >= 11 is 0. The number of hydroxylamine groups is 2. The number of hydrogen-bond acceptors (Lipinski definition) is 11. The molecule has 12 heteroatoms. The normalized spacial score (nSPS) is 18.5. The number of carbonyl (C=O) groups excluding carboxylic acids is 3. The zero-order valence-electron chi connectivity index (χ0n) is 14.4. The molecule has 0 aliphatic carbocycles. The Morgan fingerprint density at radius 1 is 1.04 bits per heavy atom. The van der Waals surface area contributed by atoms with E-state index < -0.39 is 73.5 Å². The van der Waals surface area contributed by atoms with Crippen LogP contribution in [0.3, 0.4) is 0 Å². The highest BCUT2D eigenvalue weighted by Gasteiger charge is 2.39. The Labute approximate surface area is 149 Å². The first-order chi connectivity index (χ1) is 11.9. The summed E-state index contributed by atoms with van der Waals surface area (Å²) in [6, 6.07) is 0. The third-order valence-electron chi connectivity index (χ3n) is 3.45. The van der Waals surface area contributed by atoms with Gasteiger partial charge < -0.3 is 41.2 Å². The van der Waals surface area contributed by atoms with Gasteiger partial charge in [-0.3, -0.25) is 9.59 Å². The fraction of sp³-hybridized carbons (Fsp3) is 0.786. The van der Waals surface area contributed by atoms with Crippen LogP contribution in [0.25, 0.3) is 0 Å². The van der Waals surface area contributed by atoms with Crippen molar-refractivity contribution in [2.45, 2.75) is 43.4 Å². The maximum atomic E-state index is 12.3. The molecule has 0 aromatic carbocycles. The van der Waals surface area contributed by atoms with E-state index in [1.165, 1.54) is 14.1 Å². The van der Waals surface area contributed by atoms with Crippen LogP contribution in [0.5, 0.6) is 0 Å². The fourth-order valence-electron chi connectivity index (χ4n) is 2.08. The molecule has 0 aromatic heterocycles. The number of ketones is 1. The number of nitrogens with two attached hydrogens (primary N) is 1. The molecule has 152 valence electrons. The molecule has 0 aliphatic heterocycles. The van der Waals surface area contributed by atoms with E-state index in [1.807, 2.05) is 0 Å². The lowest BCUT2D eigenvalue weighted by molar-refractivity contribution is -0.189. The predicted molar refractivity (Wildman–Crippen MR) is 83.8 cm³/mol. The summed E-state index contributed by atoms with van der Waals surface area (Å²) in [5, 5.41) is 57.9. The van der Waals surface area contributed by atoms with Crippen LogP contribution >= 0.6 is 0 Å². The lowest BCUT2D eigenvalue weighted by atomic mass is 9.87. The molecule has 8 N–H and O–H groups in total. The van der Waals surface area contributed by atoms with E-state index in [9.17, 15) is 39.9 Å². The molecule has 2 unspecified atom stereocenters. The minimum atomic E-state index is -2.27. The number of carbonyl (C=O) groups is 3. The summed E-state index contributed by atoms with van der Waals surface area (Å²) in [5.74, 6) is -4.77. The van der Waals surface area contributed by atoms with Crippen molar-refractivity contribution in [3.63, 3.8) is 0 Å². The molecule has 0 radical (unpaired) electrons. The van der Waals surface area contributed by atoms with Crippen LogP contribution in [-0.4, -0.2) is 105 Å². The van der Waals surface area contributed by atoms with E-state index in [1.54, 1.807) is 0 Å². The fourth-order valence-corrected chi connectivity index (χ4v) is 2.08. The van der Waals surface area contributed by atoms with Gasteiger partial charge in [0.2, 0.25) is 5.91 Å². The molecule has 0 heterocycles. The molecule has 0 rings (SSSR count). The molecule has 0 aliphatic rings. The third-order valence-corrected chi connectivity index (χ3v) is 3.45. The van der Waals surface area contributed by atoms with Gasteiger partial charge in [-0.1, -0.05) is 0 Å². The van der Waals surface area contributed by atoms with Crippen molar-refractivity contribution in [3.8, 4) is 0 Å². The number of amides is 1. The largest absolute Gasteiger partial charge is 0.394 e. The first-order valence-electron chi connectivity index (χ1n) is 7.64. The molecule has 12 nitrogen and oxygen atoms in total. The van der Waals surface area contributed by atoms with Crippen LogP contribution in [0.15, 0.2) is 0 Å². The van der Waals surface area contributed by atoms with Crippen molar-refractivity contribution < 1.29 is 49.9 Å². The van der Waals surface area contributed by atoms with Gasteiger partial charge in [-0.15, -0.1) is 5.06 Å². The highest BCUT2D eigenvalue weighted by molar-refractivity contribution is 5.90. The van der Waals surface area contributed by atoms with Gasteiger partial charge >= 0.3 is 5.97 Å². The van der Waals surface area contributed by atoms with Gasteiger partial charge in [0.1, 0.15) is 24.4 Å². The lowest BCUT2D eigenvalue weighted by Gasteiger charge is -2.27. The summed E-state index contributed by atoms with van der Waals surface area (Å²) in [6.07, 6.45) is -11.5. The maximum absolute atomic E-state index is 12.3. The predicted octanol–water partition coefficient (Wildman–Crippen LogP) is -4.75. The monoisotopic (exact) mass is 382 g/mol. The van der Waals surface area contributed by atoms with Gasteiger partial charge in [-0.25, -0.2) is 4.79 Å². The second-order valence-electron chi connectivity index (χ2n) is 5.92. The molecule has 0 spiro atoms. The van der Waals surface area contributed by atoms with Crippen LogP contribution in [0, 0.1) is 5.92 Å². The zero-order valence-corrected chi connectivity index (χ0v) is 14.4. The van der Waals surface area contributed by atoms with Gasteiger partial charge in [0.15, 0.2) is 11.9 Å². The Morgan fingerprint density at radius 2 is 1.58 bits per heavy atom. The average Bonchev–Trinajstić information content (AvgIpc) is 2.56. The van der Waals surface area contributed by atoms with Crippen LogP contribution < -0.4 is 5.73 Å². The van der Waals surface area contributed by atoms with Crippen molar-refractivity contribution in [3.05, 3.63) is 0 Å². The van der Waals surface area contributed by atoms with Gasteiger partial charge in [-0.05, 0) is 6.42 Å². The van der Waals surface area contributed by atoms with Gasteiger partial charge in [0.05, 0.1) is 6.61 Å². The summed E-state index contributed by atoms with van der Waals surface area (Å²) in [4.78, 5) is 39.6. The van der Waals surface area contributed by atoms with E-state index in [0.29, 0.717) is 0 Å². The lowest BCUT2D eigenvalue weighted by Crippen LogP contribution is -2.50. The molecule has 0 bridgehead atoms. The summed E-state index contributed by atoms with van der Waals surface area (Å²) < 4.78 is 0. The summed E-state index contributed by atoms with van der Waals surface area (Å²) in [5.41, 5.74) is 5.01. The molecule has 26 heavy (non-hydrogen) atoms. The Hall–Kier alpha value is -1.67. The number of hydrogen-bond donors (Lipinski definition) is 7. The first-order valence-corrected chi connectivity index (χ1v) is 7.64. The number of nitrogens with zero attached hydrogens (tertiary/aromatic N) is 1. The van der Waals surface area contributed by atoms with E-state index in [0.717, 1.165) is 5.06 Å². The van der Waals surface area contributed by atoms with Crippen molar-refractivity contribution in [1.29, 1.82) is 0 Å². The summed E-state index contributed by atoms with van der Waals surface area (Å²) in [7, 11) is 2.73. The highest BCUT2D eigenvalue weighted by atomic mass is 16.7. The molecular weight excluding hydrogens is 356 g/mol. The SMILES string of the molecule is CN(C)OC(=O)C(O)CC(CC(N)=O)C(=O)[C@H](O)[C@@H](O)[C@H](O)[C@H](O)CO. The molecule has 1 amide bonds. The molecule has 0 aromatic rings. The van der Waals surface area contributed by atoms with E-state index >= 15 is 0 Å². The minimum absolute atomic E-state index is 0.642. The summed E-state index contributed by atoms with van der Waals surface area (Å²) in [6.45, 7) is -0.945. The Kier molecular flexibility index (Phi) is 10.4. The highest BCUT2D eigenvalue weighted by Crippen LogP contribution is 2.19. The topological polar surface area (TPSA) is 211 Å². The van der Waals surface area contributed by atoms with Crippen molar-refractivity contribution in [2.75, 3.05) is 20.7 Å². The Balaban J connectivity index is 5.18. The molecule has 0 fully saturated rings. The number of Topliss-reactive ketones (excluding diaryl/α,β-unsaturated/α-hetero) is 1. The minimum Gasteiger partial charge on any atom is -0.394 e. The second-order valence-corrected chi connectivity index (χ2v) is 5.92. The van der Waals surface area contributed by atoms with Gasteiger partial charge in [-0.2, -0.15) is 0 Å². The molecular formula is C14H26N2O10. The van der Waals surface area contributed by atoms with E-state index in [4.69, 9.17) is 10.8 Å². The van der Waals surface area contributed by atoms with Crippen LogP contribution in [0.4, 0.5) is 0 Å². The van der Waals surface area contributed by atoms with Gasteiger partial charge in [0.25, 0.3) is 0 Å². The maximum Gasteiger partial charge on any atom is 0.353 e. The number of aliphatic hydroxyl groups is 6. The number of aliphatic hydroxyl groups excluding tert-OH is 6.